The maximum atomic E-state index is 6.30. The summed E-state index contributed by atoms with van der Waals surface area (Å²) in [6.07, 6.45) is 2.45. The van der Waals surface area contributed by atoms with Crippen molar-refractivity contribution < 1.29 is 4.74 Å². The highest BCUT2D eigenvalue weighted by Crippen LogP contribution is 2.53. The first-order chi connectivity index (χ1) is 11.2. The van der Waals surface area contributed by atoms with Crippen molar-refractivity contribution >= 4 is 23.4 Å². The lowest BCUT2D eigenvalue weighted by Gasteiger charge is -2.34. The molecule has 0 saturated carbocycles. The van der Waals surface area contributed by atoms with Gasteiger partial charge in [-0.1, -0.05) is 23.7 Å². The summed E-state index contributed by atoms with van der Waals surface area (Å²) in [5.74, 6) is 2.57. The van der Waals surface area contributed by atoms with Gasteiger partial charge in [0.25, 0.3) is 0 Å². The van der Waals surface area contributed by atoms with E-state index in [-0.39, 0.29) is 0 Å². The molecule has 4 heteroatoms. The third kappa shape index (κ3) is 3.10. The number of benzene rings is 2. The van der Waals surface area contributed by atoms with E-state index in [1.54, 1.807) is 0 Å². The van der Waals surface area contributed by atoms with Gasteiger partial charge in [0.1, 0.15) is 11.5 Å². The van der Waals surface area contributed by atoms with E-state index in [0.717, 1.165) is 16.5 Å². The molecule has 2 aliphatic rings. The molecule has 1 atom stereocenters. The van der Waals surface area contributed by atoms with Crippen LogP contribution < -0.4 is 4.74 Å². The normalized spacial score (nSPS) is 21.9. The molecule has 0 aliphatic carbocycles. The van der Waals surface area contributed by atoms with Crippen LogP contribution in [0.1, 0.15) is 23.7 Å². The number of piperidine rings is 1. The number of hydrogen-bond acceptors (Lipinski definition) is 3. The van der Waals surface area contributed by atoms with Gasteiger partial charge >= 0.3 is 0 Å². The molecule has 2 aromatic carbocycles. The summed E-state index contributed by atoms with van der Waals surface area (Å²) >= 11 is 8.23. The molecule has 0 unspecified atom stereocenters. The third-order valence-electron chi connectivity index (χ3n) is 4.79. The summed E-state index contributed by atoms with van der Waals surface area (Å²) in [5, 5.41) is 1.19. The molecule has 2 nitrogen and oxygen atoms in total. The van der Waals surface area contributed by atoms with Gasteiger partial charge in [0.2, 0.25) is 0 Å². The topological polar surface area (TPSA) is 12.5 Å². The molecule has 1 fully saturated rings. The van der Waals surface area contributed by atoms with Gasteiger partial charge in [0.05, 0.1) is 4.90 Å². The first-order valence-electron chi connectivity index (χ1n) is 8.12. The average Bonchev–Trinajstić information content (AvgIpc) is 2.72. The van der Waals surface area contributed by atoms with Crippen molar-refractivity contribution in [2.75, 3.05) is 20.1 Å². The number of hydrogen-bond donors (Lipinski definition) is 0. The molecule has 4 rings (SSSR count). The van der Waals surface area contributed by atoms with Crippen LogP contribution in [0.3, 0.4) is 0 Å². The first kappa shape index (κ1) is 15.4. The molecule has 0 spiro atoms. The van der Waals surface area contributed by atoms with Crippen LogP contribution >= 0.6 is 23.4 Å². The molecule has 0 bridgehead atoms. The number of ether oxygens (including phenoxy) is 1. The van der Waals surface area contributed by atoms with Crippen molar-refractivity contribution in [3.63, 3.8) is 0 Å². The van der Waals surface area contributed by atoms with Crippen LogP contribution in [0.15, 0.2) is 47.4 Å². The van der Waals surface area contributed by atoms with Gasteiger partial charge < -0.3 is 9.64 Å². The summed E-state index contributed by atoms with van der Waals surface area (Å²) in [6.45, 7) is 2.33. The first-order valence-corrected chi connectivity index (χ1v) is 9.38. The van der Waals surface area contributed by atoms with Crippen LogP contribution in [-0.4, -0.2) is 25.0 Å². The average molecular weight is 346 g/mol. The minimum Gasteiger partial charge on any atom is -0.456 e. The van der Waals surface area contributed by atoms with Gasteiger partial charge in [0.15, 0.2) is 0 Å². The van der Waals surface area contributed by atoms with E-state index < -0.39 is 0 Å². The van der Waals surface area contributed by atoms with E-state index in [2.05, 4.69) is 36.2 Å². The van der Waals surface area contributed by atoms with Crippen molar-refractivity contribution in [2.24, 2.45) is 5.92 Å². The highest BCUT2D eigenvalue weighted by atomic mass is 35.5. The van der Waals surface area contributed by atoms with Gasteiger partial charge in [-0.25, -0.2) is 0 Å². The predicted octanol–water partition coefficient (Wildman–Crippen LogP) is 5.62. The molecule has 0 amide bonds. The smallest absolute Gasteiger partial charge is 0.141 e. The fourth-order valence-electron chi connectivity index (χ4n) is 3.47. The Kier molecular flexibility index (Phi) is 4.27. The Bertz CT molecular complexity index is 712. The van der Waals surface area contributed by atoms with E-state index in [1.807, 2.05) is 30.0 Å². The molecular formula is C19H20ClNOS. The fourth-order valence-corrected chi connectivity index (χ4v) is 5.08. The van der Waals surface area contributed by atoms with Crippen LogP contribution in [0.25, 0.3) is 0 Å². The van der Waals surface area contributed by atoms with Crippen LogP contribution in [-0.2, 0) is 0 Å². The highest BCUT2D eigenvalue weighted by molar-refractivity contribution is 7.99. The fraction of sp³-hybridized carbons (Fsp3) is 0.368. The zero-order valence-corrected chi connectivity index (χ0v) is 14.7. The van der Waals surface area contributed by atoms with Gasteiger partial charge in [-0.2, -0.15) is 0 Å². The van der Waals surface area contributed by atoms with E-state index in [1.165, 1.54) is 36.4 Å². The lowest BCUT2D eigenvalue weighted by Crippen LogP contribution is -2.32. The van der Waals surface area contributed by atoms with Gasteiger partial charge in [-0.15, -0.1) is 11.8 Å². The summed E-state index contributed by atoms with van der Waals surface area (Å²) in [6, 6.07) is 14.4. The quantitative estimate of drug-likeness (QED) is 0.665. The predicted molar refractivity (Wildman–Crippen MR) is 96.8 cm³/mol. The van der Waals surface area contributed by atoms with Crippen molar-refractivity contribution in [2.45, 2.75) is 23.0 Å². The minimum absolute atomic E-state index is 0.404. The number of thioether (sulfide) groups is 1. The zero-order valence-electron chi connectivity index (χ0n) is 13.2. The summed E-state index contributed by atoms with van der Waals surface area (Å²) in [7, 11) is 2.21. The van der Waals surface area contributed by atoms with E-state index >= 15 is 0 Å². The van der Waals surface area contributed by atoms with Crippen LogP contribution in [0.2, 0.25) is 5.02 Å². The lowest BCUT2D eigenvalue weighted by atomic mass is 9.89. The second-order valence-corrected chi connectivity index (χ2v) is 8.03. The molecule has 120 valence electrons. The number of para-hydroxylation sites is 1. The minimum atomic E-state index is 0.404. The Morgan fingerprint density at radius 1 is 1.09 bits per heavy atom. The van der Waals surface area contributed by atoms with Crippen LogP contribution in [0.5, 0.6) is 11.5 Å². The van der Waals surface area contributed by atoms with Gasteiger partial charge in [-0.3, -0.25) is 0 Å². The monoisotopic (exact) mass is 345 g/mol. The van der Waals surface area contributed by atoms with E-state index in [0.29, 0.717) is 11.2 Å². The van der Waals surface area contributed by atoms with Crippen LogP contribution in [0.4, 0.5) is 0 Å². The maximum Gasteiger partial charge on any atom is 0.141 e. The van der Waals surface area contributed by atoms with Crippen molar-refractivity contribution in [3.8, 4) is 11.5 Å². The van der Waals surface area contributed by atoms with Crippen molar-refractivity contribution in [1.29, 1.82) is 0 Å². The molecule has 23 heavy (non-hydrogen) atoms. The second kappa shape index (κ2) is 6.39. The molecular weight excluding hydrogens is 326 g/mol. The summed E-state index contributed by atoms with van der Waals surface area (Å²) in [4.78, 5) is 3.64. The van der Waals surface area contributed by atoms with Gasteiger partial charge in [-0.05, 0) is 69.2 Å². The number of halogens is 1. The standard InChI is InChI=1S/C19H20ClNOS/c1-21-10-8-13(9-11-21)19-15-12-14(20)6-7-16(15)22-17-4-2-3-5-18(17)23-19/h2-7,12-13,19H,8-11H2,1H3/t19-/m1/s1. The van der Waals surface area contributed by atoms with E-state index in [4.69, 9.17) is 16.3 Å². The molecule has 2 aromatic rings. The van der Waals surface area contributed by atoms with Crippen molar-refractivity contribution in [1.82, 2.24) is 4.90 Å². The zero-order chi connectivity index (χ0) is 15.8. The number of fused-ring (bicyclic) bond motifs is 2. The Balaban J connectivity index is 1.76. The molecule has 2 aliphatic heterocycles. The van der Waals surface area contributed by atoms with Gasteiger partial charge in [0, 0.05) is 15.8 Å². The Hall–Kier alpha value is -1.16. The SMILES string of the molecule is CN1CCC([C@H]2Sc3ccccc3Oc3ccc(Cl)cc32)CC1. The summed E-state index contributed by atoms with van der Waals surface area (Å²) < 4.78 is 6.21. The molecule has 0 radical (unpaired) electrons. The second-order valence-electron chi connectivity index (χ2n) is 6.41. The molecule has 1 saturated heterocycles. The maximum absolute atomic E-state index is 6.30. The van der Waals surface area contributed by atoms with Crippen LogP contribution in [0, 0.1) is 5.92 Å². The number of likely N-dealkylation sites (tertiary alicyclic amines) is 1. The van der Waals surface area contributed by atoms with Crippen molar-refractivity contribution in [3.05, 3.63) is 53.1 Å². The highest BCUT2D eigenvalue weighted by Gasteiger charge is 2.32. The third-order valence-corrected chi connectivity index (χ3v) is 6.51. The number of nitrogens with zero attached hydrogens (tertiary/aromatic N) is 1. The lowest BCUT2D eigenvalue weighted by molar-refractivity contribution is 0.216. The van der Waals surface area contributed by atoms with E-state index in [9.17, 15) is 0 Å². The molecule has 0 aromatic heterocycles. The largest absolute Gasteiger partial charge is 0.456 e. The number of rotatable bonds is 1. The summed E-state index contributed by atoms with van der Waals surface area (Å²) in [5.41, 5.74) is 1.24. The Morgan fingerprint density at radius 2 is 1.87 bits per heavy atom. The molecule has 0 N–H and O–H groups in total. The Morgan fingerprint density at radius 3 is 2.70 bits per heavy atom. The Labute approximate surface area is 146 Å². The molecule has 2 heterocycles.